The summed E-state index contributed by atoms with van der Waals surface area (Å²) in [5.74, 6) is 2.71. The van der Waals surface area contributed by atoms with Crippen molar-refractivity contribution in [2.45, 2.75) is 43.7 Å². The van der Waals surface area contributed by atoms with E-state index in [0.29, 0.717) is 48.5 Å². The lowest BCUT2D eigenvalue weighted by atomic mass is 9.76. The summed E-state index contributed by atoms with van der Waals surface area (Å²) in [5.41, 5.74) is 3.19. The fourth-order valence-corrected chi connectivity index (χ4v) is 7.67. The summed E-state index contributed by atoms with van der Waals surface area (Å²) in [5, 5.41) is 0. The number of imidazole rings is 1. The number of H-pyrrole nitrogens is 1. The van der Waals surface area contributed by atoms with Gasteiger partial charge in [0.1, 0.15) is 11.6 Å². The molecule has 0 saturated carbocycles. The SMILES string of the molecule is COc1cc(C(=O)N2CCC(CCN3CCC(N(Cc4ccco4)c4nc5ccccc5[nH]4)CC3)(c3ccc(F)cc3)C2)cc(OC)c1OC. The molecule has 1 unspecified atom stereocenters. The average Bonchev–Trinajstić information content (AvgIpc) is 3.93. The molecule has 1 amide bonds. The van der Waals surface area contributed by atoms with E-state index in [1.54, 1.807) is 39.7 Å². The molecule has 5 aromatic rings. The zero-order chi connectivity index (χ0) is 34.7. The molecule has 1 atom stereocenters. The number of hydrogen-bond donors (Lipinski definition) is 1. The number of carbonyl (C=O) groups excluding carboxylic acids is 1. The molecule has 7 rings (SSSR count). The number of halogens is 1. The lowest BCUT2D eigenvalue weighted by Crippen LogP contribution is -2.46. The molecule has 2 saturated heterocycles. The molecule has 2 aliphatic heterocycles. The second-order valence-corrected chi connectivity index (χ2v) is 13.3. The van der Waals surface area contributed by atoms with Crippen molar-refractivity contribution >= 4 is 22.9 Å². The first kappa shape index (κ1) is 33.5. The minimum Gasteiger partial charge on any atom is -0.493 e. The second-order valence-electron chi connectivity index (χ2n) is 13.3. The summed E-state index contributed by atoms with van der Waals surface area (Å²) in [4.78, 5) is 29.2. The third-order valence-corrected chi connectivity index (χ3v) is 10.5. The van der Waals surface area contributed by atoms with Crippen LogP contribution in [0.2, 0.25) is 0 Å². The van der Waals surface area contributed by atoms with Crippen LogP contribution in [0.5, 0.6) is 17.2 Å². The number of nitrogens with one attached hydrogen (secondary N) is 1. The number of likely N-dealkylation sites (tertiary alicyclic amines) is 2. The molecule has 2 aromatic heterocycles. The first-order valence-electron chi connectivity index (χ1n) is 17.2. The second kappa shape index (κ2) is 14.4. The van der Waals surface area contributed by atoms with Crippen LogP contribution in [0.15, 0.2) is 83.5 Å². The van der Waals surface area contributed by atoms with Gasteiger partial charge in [0.2, 0.25) is 11.7 Å². The van der Waals surface area contributed by atoms with Crippen LogP contribution in [-0.2, 0) is 12.0 Å². The standard InChI is InChI=1S/C39H44FN5O5/c1-47-34-23-27(24-35(48-2)36(34)49-3)37(46)44-21-17-39(26-44,28-10-12-29(40)13-11-28)16-20-43-18-14-30(15-19-43)45(25-31-7-6-22-50-31)38-41-32-8-4-5-9-33(32)42-38/h4-13,22-24,30H,14-21,25-26H2,1-3H3,(H,41,42). The molecule has 10 nitrogen and oxygen atoms in total. The number of aromatic amines is 1. The van der Waals surface area contributed by atoms with E-state index in [1.165, 1.54) is 12.1 Å². The molecule has 0 radical (unpaired) electrons. The molecule has 4 heterocycles. The van der Waals surface area contributed by atoms with E-state index in [4.69, 9.17) is 23.6 Å². The molecule has 2 fully saturated rings. The Morgan fingerprint density at radius 3 is 2.38 bits per heavy atom. The highest BCUT2D eigenvalue weighted by Crippen LogP contribution is 2.42. The van der Waals surface area contributed by atoms with E-state index >= 15 is 0 Å². The van der Waals surface area contributed by atoms with Crippen LogP contribution in [0.1, 0.15) is 47.4 Å². The van der Waals surface area contributed by atoms with Gasteiger partial charge >= 0.3 is 0 Å². The highest BCUT2D eigenvalue weighted by Gasteiger charge is 2.42. The van der Waals surface area contributed by atoms with Gasteiger partial charge < -0.3 is 38.3 Å². The molecule has 262 valence electrons. The van der Waals surface area contributed by atoms with Crippen LogP contribution in [-0.4, -0.2) is 85.8 Å². The van der Waals surface area contributed by atoms with Gasteiger partial charge in [-0.2, -0.15) is 0 Å². The summed E-state index contributed by atoms with van der Waals surface area (Å²) in [6.07, 6.45) is 5.31. The fraction of sp³-hybridized carbons (Fsp3) is 0.385. The first-order valence-corrected chi connectivity index (χ1v) is 17.2. The summed E-state index contributed by atoms with van der Waals surface area (Å²) in [6.45, 7) is 4.52. The van der Waals surface area contributed by atoms with Crippen molar-refractivity contribution in [1.82, 2.24) is 19.8 Å². The highest BCUT2D eigenvalue weighted by atomic mass is 19.1. The van der Waals surface area contributed by atoms with Crippen LogP contribution in [0.4, 0.5) is 10.3 Å². The quantitative estimate of drug-likeness (QED) is 0.156. The number of amides is 1. The van der Waals surface area contributed by atoms with E-state index in [1.807, 2.05) is 47.4 Å². The third kappa shape index (κ3) is 6.74. The summed E-state index contributed by atoms with van der Waals surface area (Å²) >= 11 is 0. The summed E-state index contributed by atoms with van der Waals surface area (Å²) < 4.78 is 36.3. The Balaban J connectivity index is 1.06. The maximum Gasteiger partial charge on any atom is 0.254 e. The highest BCUT2D eigenvalue weighted by molar-refractivity contribution is 5.96. The molecule has 2 aliphatic rings. The number of nitrogens with zero attached hydrogens (tertiary/aromatic N) is 4. The fourth-order valence-electron chi connectivity index (χ4n) is 7.67. The number of anilines is 1. The maximum atomic E-state index is 14.1. The molecule has 1 N–H and O–H groups in total. The minimum absolute atomic E-state index is 0.101. The molecular weight excluding hydrogens is 637 g/mol. The van der Waals surface area contributed by atoms with Gasteiger partial charge in [-0.15, -0.1) is 0 Å². The molecule has 0 spiro atoms. The number of para-hydroxylation sites is 2. The van der Waals surface area contributed by atoms with Crippen LogP contribution in [0.25, 0.3) is 11.0 Å². The predicted molar refractivity (Wildman–Crippen MR) is 190 cm³/mol. The molecule has 0 bridgehead atoms. The Kier molecular flexibility index (Phi) is 9.67. The molecule has 0 aliphatic carbocycles. The van der Waals surface area contributed by atoms with E-state index in [2.05, 4.69) is 20.9 Å². The van der Waals surface area contributed by atoms with Crippen molar-refractivity contribution in [3.8, 4) is 17.2 Å². The minimum atomic E-state index is -0.305. The first-order chi connectivity index (χ1) is 24.4. The van der Waals surface area contributed by atoms with E-state index in [9.17, 15) is 9.18 Å². The van der Waals surface area contributed by atoms with Gasteiger partial charge in [-0.05, 0) is 86.3 Å². The van der Waals surface area contributed by atoms with Crippen molar-refractivity contribution in [3.63, 3.8) is 0 Å². The van der Waals surface area contributed by atoms with Crippen LogP contribution in [0.3, 0.4) is 0 Å². The van der Waals surface area contributed by atoms with Crippen molar-refractivity contribution in [3.05, 3.63) is 102 Å². The number of ether oxygens (including phenoxy) is 3. The van der Waals surface area contributed by atoms with Crippen molar-refractivity contribution in [2.75, 3.05) is 59.0 Å². The van der Waals surface area contributed by atoms with Crippen LogP contribution in [0, 0.1) is 5.82 Å². The number of fused-ring (bicyclic) bond motifs is 1. The number of piperidine rings is 1. The lowest BCUT2D eigenvalue weighted by Gasteiger charge is -2.39. The Labute approximate surface area is 291 Å². The van der Waals surface area contributed by atoms with Gasteiger partial charge in [0.25, 0.3) is 5.91 Å². The van der Waals surface area contributed by atoms with Gasteiger partial charge in [0, 0.05) is 43.2 Å². The Morgan fingerprint density at radius 1 is 0.980 bits per heavy atom. The van der Waals surface area contributed by atoms with Gasteiger partial charge in [-0.1, -0.05) is 24.3 Å². The molecule has 11 heteroatoms. The smallest absolute Gasteiger partial charge is 0.254 e. The van der Waals surface area contributed by atoms with E-state index in [0.717, 1.165) is 73.6 Å². The number of furan rings is 1. The third-order valence-electron chi connectivity index (χ3n) is 10.5. The number of aromatic nitrogens is 2. The normalized spacial score (nSPS) is 18.4. The number of carbonyl (C=O) groups is 1. The Hall–Kier alpha value is -5.03. The molecule has 3 aromatic carbocycles. The van der Waals surface area contributed by atoms with Crippen molar-refractivity contribution < 1.29 is 27.8 Å². The summed E-state index contributed by atoms with van der Waals surface area (Å²) in [7, 11) is 4.62. The maximum absolute atomic E-state index is 14.1. The zero-order valence-electron chi connectivity index (χ0n) is 28.9. The topological polar surface area (TPSA) is 96.3 Å². The Bertz CT molecular complexity index is 1850. The number of benzene rings is 3. The van der Waals surface area contributed by atoms with Crippen molar-refractivity contribution in [2.24, 2.45) is 0 Å². The van der Waals surface area contributed by atoms with Crippen LogP contribution < -0.4 is 19.1 Å². The summed E-state index contributed by atoms with van der Waals surface area (Å²) in [6, 6.07) is 22.6. The van der Waals surface area contributed by atoms with E-state index in [-0.39, 0.29) is 17.1 Å². The van der Waals surface area contributed by atoms with Gasteiger partial charge in [0.05, 0.1) is 45.2 Å². The average molecular weight is 682 g/mol. The number of methoxy groups -OCH3 is 3. The predicted octanol–water partition coefficient (Wildman–Crippen LogP) is 6.67. The monoisotopic (exact) mass is 681 g/mol. The van der Waals surface area contributed by atoms with Crippen LogP contribution >= 0.6 is 0 Å². The number of rotatable bonds is 12. The van der Waals surface area contributed by atoms with Crippen molar-refractivity contribution in [1.29, 1.82) is 0 Å². The molecule has 50 heavy (non-hydrogen) atoms. The largest absolute Gasteiger partial charge is 0.493 e. The Morgan fingerprint density at radius 2 is 1.72 bits per heavy atom. The zero-order valence-corrected chi connectivity index (χ0v) is 28.9. The van der Waals surface area contributed by atoms with Gasteiger partial charge in [0.15, 0.2) is 11.5 Å². The lowest BCUT2D eigenvalue weighted by molar-refractivity contribution is 0.0779. The van der Waals surface area contributed by atoms with Gasteiger partial charge in [-0.3, -0.25) is 4.79 Å². The number of hydrogen-bond acceptors (Lipinski definition) is 8. The van der Waals surface area contributed by atoms with Gasteiger partial charge in [-0.25, -0.2) is 9.37 Å². The molecular formula is C39H44FN5O5. The van der Waals surface area contributed by atoms with E-state index < -0.39 is 0 Å².